The van der Waals surface area contributed by atoms with Crippen LogP contribution in [0.25, 0.3) is 0 Å². The van der Waals surface area contributed by atoms with Crippen molar-refractivity contribution in [1.82, 2.24) is 0 Å². The monoisotopic (exact) mass is 332 g/mol. The van der Waals surface area contributed by atoms with Gasteiger partial charge in [0.25, 0.3) is 0 Å². The number of aryl methyl sites for hydroxylation is 1. The summed E-state index contributed by atoms with van der Waals surface area (Å²) in [7, 11) is 0. The molecule has 124 valence electrons. The van der Waals surface area contributed by atoms with Crippen LogP contribution in [0.3, 0.4) is 0 Å². The number of hydrogen-bond acceptors (Lipinski definition) is 2. The van der Waals surface area contributed by atoms with Crippen LogP contribution in [-0.4, -0.2) is 6.61 Å². The summed E-state index contributed by atoms with van der Waals surface area (Å²) in [6, 6.07) is 7.78. The molecule has 0 saturated heterocycles. The minimum atomic E-state index is -3.69. The van der Waals surface area contributed by atoms with Crippen LogP contribution in [0, 0.1) is 5.82 Å². The lowest BCUT2D eigenvalue weighted by molar-refractivity contribution is -0.185. The Morgan fingerprint density at radius 2 is 1.70 bits per heavy atom. The second-order valence-corrected chi connectivity index (χ2v) is 4.64. The molecule has 0 aliphatic heterocycles. The van der Waals surface area contributed by atoms with Gasteiger partial charge in [0, 0.05) is 6.07 Å². The molecule has 0 aromatic heterocycles. The summed E-state index contributed by atoms with van der Waals surface area (Å²) in [6.07, 6.45) is -2.99. The van der Waals surface area contributed by atoms with Gasteiger partial charge in [-0.25, -0.2) is 4.39 Å². The topological polar surface area (TPSA) is 18.5 Å². The predicted octanol–water partition coefficient (Wildman–Crippen LogP) is 5.12. The summed E-state index contributed by atoms with van der Waals surface area (Å²) < 4.78 is 74.0. The maximum atomic E-state index is 14.0. The molecule has 0 aliphatic rings. The van der Waals surface area contributed by atoms with Gasteiger partial charge in [-0.15, -0.1) is 0 Å². The summed E-state index contributed by atoms with van der Waals surface area (Å²) in [4.78, 5) is 0. The molecular formula is C16H13F5O2. The van der Waals surface area contributed by atoms with Gasteiger partial charge in [0.1, 0.15) is 5.75 Å². The van der Waals surface area contributed by atoms with Crippen LogP contribution in [0.15, 0.2) is 42.5 Å². The molecule has 2 aromatic carbocycles. The van der Waals surface area contributed by atoms with E-state index in [0.717, 1.165) is 17.7 Å². The van der Waals surface area contributed by atoms with Crippen LogP contribution in [0.5, 0.6) is 11.5 Å². The lowest BCUT2D eigenvalue weighted by Crippen LogP contribution is -2.22. The maximum absolute atomic E-state index is 14.0. The molecule has 0 radical (unpaired) electrons. The van der Waals surface area contributed by atoms with E-state index >= 15 is 0 Å². The van der Waals surface area contributed by atoms with E-state index in [0.29, 0.717) is 12.5 Å². The highest BCUT2D eigenvalue weighted by atomic mass is 19.3. The fourth-order valence-electron chi connectivity index (χ4n) is 1.88. The first-order valence-corrected chi connectivity index (χ1v) is 6.72. The predicted molar refractivity (Wildman–Crippen MR) is 73.4 cm³/mol. The van der Waals surface area contributed by atoms with Gasteiger partial charge in [-0.1, -0.05) is 19.1 Å². The number of benzene rings is 2. The lowest BCUT2D eigenvalue weighted by Gasteiger charge is -2.19. The molecule has 0 atom stereocenters. The Labute approximate surface area is 129 Å². The van der Waals surface area contributed by atoms with Crippen molar-refractivity contribution in [3.05, 3.63) is 59.4 Å². The SMILES string of the molecule is CCc1ccc(C(F)(F)Oc2ccc(OC(F)F)c(F)c2)cc1. The molecule has 23 heavy (non-hydrogen) atoms. The zero-order chi connectivity index (χ0) is 17.0. The highest BCUT2D eigenvalue weighted by Gasteiger charge is 2.34. The first kappa shape index (κ1) is 17.1. The standard InChI is InChI=1S/C16H13F5O2/c1-2-10-3-5-11(6-4-10)16(20,21)23-12-7-8-14(13(17)9-12)22-15(18)19/h3-9,15H,2H2,1H3. The number of alkyl halides is 4. The number of ether oxygens (including phenoxy) is 2. The van der Waals surface area contributed by atoms with Crippen molar-refractivity contribution in [2.45, 2.75) is 26.1 Å². The minimum absolute atomic E-state index is 0.400. The fourth-order valence-corrected chi connectivity index (χ4v) is 1.88. The highest BCUT2D eigenvalue weighted by molar-refractivity contribution is 5.34. The van der Waals surface area contributed by atoms with Crippen LogP contribution in [0.1, 0.15) is 18.1 Å². The van der Waals surface area contributed by atoms with Crippen molar-refractivity contribution < 1.29 is 31.4 Å². The van der Waals surface area contributed by atoms with Gasteiger partial charge in [0.15, 0.2) is 11.6 Å². The van der Waals surface area contributed by atoms with Gasteiger partial charge in [-0.3, -0.25) is 0 Å². The number of halogens is 5. The first-order valence-electron chi connectivity index (χ1n) is 6.72. The Hall–Kier alpha value is -2.31. The third-order valence-corrected chi connectivity index (χ3v) is 3.06. The molecule has 7 heteroatoms. The molecule has 0 heterocycles. The third kappa shape index (κ3) is 4.34. The van der Waals surface area contributed by atoms with Crippen molar-refractivity contribution in [2.24, 2.45) is 0 Å². The Morgan fingerprint density at radius 3 is 2.22 bits per heavy atom. The van der Waals surface area contributed by atoms with Gasteiger partial charge < -0.3 is 9.47 Å². The van der Waals surface area contributed by atoms with E-state index in [4.69, 9.17) is 0 Å². The van der Waals surface area contributed by atoms with Crippen molar-refractivity contribution in [2.75, 3.05) is 0 Å². The van der Waals surface area contributed by atoms with Crippen molar-refractivity contribution >= 4 is 0 Å². The molecule has 2 aromatic rings. The van der Waals surface area contributed by atoms with E-state index in [1.54, 1.807) is 0 Å². The Kier molecular flexibility index (Phi) is 5.08. The summed E-state index contributed by atoms with van der Waals surface area (Å²) in [5, 5.41) is 0. The largest absolute Gasteiger partial charge is 0.432 e. The smallest absolute Gasteiger partial charge is 0.426 e. The summed E-state index contributed by atoms with van der Waals surface area (Å²) in [5.74, 6) is -2.48. The number of rotatable bonds is 6. The number of hydrogen-bond donors (Lipinski definition) is 0. The molecule has 0 spiro atoms. The van der Waals surface area contributed by atoms with Crippen molar-refractivity contribution in [1.29, 1.82) is 0 Å². The molecule has 0 unspecified atom stereocenters. The van der Waals surface area contributed by atoms with E-state index in [1.807, 2.05) is 6.92 Å². The van der Waals surface area contributed by atoms with E-state index in [2.05, 4.69) is 9.47 Å². The van der Waals surface area contributed by atoms with E-state index in [9.17, 15) is 22.0 Å². The van der Waals surface area contributed by atoms with Crippen LogP contribution in [-0.2, 0) is 12.5 Å². The summed E-state index contributed by atoms with van der Waals surface area (Å²) in [5.41, 5.74) is 0.479. The Balaban J connectivity index is 2.17. The van der Waals surface area contributed by atoms with Gasteiger partial charge in [-0.05, 0) is 36.2 Å². The summed E-state index contributed by atoms with van der Waals surface area (Å²) >= 11 is 0. The zero-order valence-electron chi connectivity index (χ0n) is 12.0. The third-order valence-electron chi connectivity index (χ3n) is 3.06. The minimum Gasteiger partial charge on any atom is -0.432 e. The molecule has 2 nitrogen and oxygen atoms in total. The van der Waals surface area contributed by atoms with Crippen LogP contribution in [0.2, 0.25) is 0 Å². The van der Waals surface area contributed by atoms with E-state index < -0.39 is 35.6 Å². The van der Waals surface area contributed by atoms with Gasteiger partial charge in [0.2, 0.25) is 0 Å². The summed E-state index contributed by atoms with van der Waals surface area (Å²) in [6.45, 7) is -1.33. The molecule has 0 bridgehead atoms. The molecule has 0 saturated carbocycles. The quantitative estimate of drug-likeness (QED) is 0.684. The van der Waals surface area contributed by atoms with Gasteiger partial charge in [0.05, 0.1) is 5.56 Å². The second-order valence-electron chi connectivity index (χ2n) is 4.64. The van der Waals surface area contributed by atoms with E-state index in [1.165, 1.54) is 24.3 Å². The lowest BCUT2D eigenvalue weighted by atomic mass is 10.1. The van der Waals surface area contributed by atoms with Crippen molar-refractivity contribution in [3.63, 3.8) is 0 Å². The Morgan fingerprint density at radius 1 is 1.04 bits per heavy atom. The molecule has 0 aliphatic carbocycles. The molecule has 0 fully saturated rings. The average molecular weight is 332 g/mol. The molecule has 0 N–H and O–H groups in total. The van der Waals surface area contributed by atoms with E-state index in [-0.39, 0.29) is 0 Å². The molecular weight excluding hydrogens is 319 g/mol. The average Bonchev–Trinajstić information content (AvgIpc) is 2.49. The molecule has 2 rings (SSSR count). The highest BCUT2D eigenvalue weighted by Crippen LogP contribution is 2.33. The first-order chi connectivity index (χ1) is 10.8. The fraction of sp³-hybridized carbons (Fsp3) is 0.250. The van der Waals surface area contributed by atoms with Crippen LogP contribution in [0.4, 0.5) is 22.0 Å². The van der Waals surface area contributed by atoms with Gasteiger partial charge in [-0.2, -0.15) is 17.6 Å². The second kappa shape index (κ2) is 6.85. The Bertz CT molecular complexity index is 656. The van der Waals surface area contributed by atoms with Crippen LogP contribution < -0.4 is 9.47 Å². The molecule has 0 amide bonds. The van der Waals surface area contributed by atoms with Gasteiger partial charge >= 0.3 is 12.7 Å². The normalized spacial score (nSPS) is 11.6. The zero-order valence-corrected chi connectivity index (χ0v) is 12.0. The van der Waals surface area contributed by atoms with Crippen LogP contribution >= 0.6 is 0 Å². The van der Waals surface area contributed by atoms with Crippen molar-refractivity contribution in [3.8, 4) is 11.5 Å². The maximum Gasteiger partial charge on any atom is 0.426 e.